The molecule has 8 heteroatoms. The van der Waals surface area contributed by atoms with Crippen LogP contribution in [0.3, 0.4) is 0 Å². The lowest BCUT2D eigenvalue weighted by atomic mass is 9.94. The zero-order chi connectivity index (χ0) is 21.9. The van der Waals surface area contributed by atoms with Gasteiger partial charge in [-0.2, -0.15) is 5.26 Å². The van der Waals surface area contributed by atoms with Crippen LogP contribution in [-0.2, 0) is 4.79 Å². The van der Waals surface area contributed by atoms with Crippen molar-refractivity contribution in [1.29, 1.82) is 5.26 Å². The third kappa shape index (κ3) is 4.36. The molecule has 1 aromatic heterocycles. The van der Waals surface area contributed by atoms with E-state index in [4.69, 9.17) is 0 Å². The number of benzene rings is 2. The van der Waals surface area contributed by atoms with E-state index in [9.17, 15) is 25.1 Å². The fourth-order valence-electron chi connectivity index (χ4n) is 2.67. The largest absolute Gasteiger partial charge is 0.505 e. The summed E-state index contributed by atoms with van der Waals surface area (Å²) in [4.78, 5) is 29.6. The van der Waals surface area contributed by atoms with Gasteiger partial charge in [-0.1, -0.05) is 30.0 Å². The highest BCUT2D eigenvalue weighted by Gasteiger charge is 2.29. The monoisotopic (exact) mass is 421 g/mol. The van der Waals surface area contributed by atoms with Crippen LogP contribution < -0.4 is 5.32 Å². The fourth-order valence-corrected chi connectivity index (χ4v) is 3.55. The van der Waals surface area contributed by atoms with E-state index in [1.807, 2.05) is 36.4 Å². The van der Waals surface area contributed by atoms with Crippen molar-refractivity contribution in [3.63, 3.8) is 0 Å². The van der Waals surface area contributed by atoms with Crippen LogP contribution in [0, 0.1) is 16.7 Å². The Balaban J connectivity index is 1.96. The Bertz CT molecular complexity index is 1170. The van der Waals surface area contributed by atoms with Crippen LogP contribution in [0.5, 0.6) is 5.75 Å². The minimum absolute atomic E-state index is 0.000886. The van der Waals surface area contributed by atoms with Crippen molar-refractivity contribution in [2.24, 2.45) is 5.41 Å². The first-order valence-corrected chi connectivity index (χ1v) is 9.86. The zero-order valence-corrected chi connectivity index (χ0v) is 17.2. The predicted octanol–water partition coefficient (Wildman–Crippen LogP) is 3.80. The molecule has 3 aromatic rings. The van der Waals surface area contributed by atoms with Gasteiger partial charge in [-0.25, -0.2) is 4.98 Å². The van der Waals surface area contributed by atoms with E-state index in [2.05, 4.69) is 10.3 Å². The Morgan fingerprint density at radius 2 is 1.83 bits per heavy atom. The maximum Gasteiger partial charge on any atom is 0.310 e. The van der Waals surface area contributed by atoms with Gasteiger partial charge >= 0.3 is 5.97 Å². The summed E-state index contributed by atoms with van der Waals surface area (Å²) < 4.78 is 0. The number of aliphatic carboxylic acids is 1. The van der Waals surface area contributed by atoms with Crippen LogP contribution in [0.4, 0.5) is 0 Å². The Labute approximate surface area is 177 Å². The molecule has 3 rings (SSSR count). The molecule has 0 saturated heterocycles. The maximum atomic E-state index is 12.5. The molecule has 3 N–H and O–H groups in total. The lowest BCUT2D eigenvalue weighted by Gasteiger charge is -2.19. The van der Waals surface area contributed by atoms with Gasteiger partial charge in [-0.05, 0) is 44.2 Å². The summed E-state index contributed by atoms with van der Waals surface area (Å²) in [6, 6.07) is 16.8. The lowest BCUT2D eigenvalue weighted by molar-refractivity contribution is -0.146. The zero-order valence-electron chi connectivity index (χ0n) is 16.3. The third-order valence-electron chi connectivity index (χ3n) is 4.52. The number of nitriles is 1. The molecule has 2 aromatic carbocycles. The summed E-state index contributed by atoms with van der Waals surface area (Å²) in [5, 5.41) is 32.5. The van der Waals surface area contributed by atoms with Crippen molar-refractivity contribution in [1.82, 2.24) is 10.3 Å². The highest BCUT2D eigenvalue weighted by Crippen LogP contribution is 2.35. The summed E-state index contributed by atoms with van der Waals surface area (Å²) in [5.74, 6) is -2.17. The van der Waals surface area contributed by atoms with Crippen molar-refractivity contribution >= 4 is 34.4 Å². The molecule has 0 spiro atoms. The van der Waals surface area contributed by atoms with Gasteiger partial charge in [0.15, 0.2) is 11.4 Å². The number of carbonyl (C=O) groups excluding carboxylic acids is 1. The summed E-state index contributed by atoms with van der Waals surface area (Å²) in [6.07, 6.45) is 0. The Morgan fingerprint density at radius 1 is 1.13 bits per heavy atom. The molecule has 1 heterocycles. The van der Waals surface area contributed by atoms with E-state index in [-0.39, 0.29) is 23.7 Å². The number of rotatable bonds is 6. The maximum absolute atomic E-state index is 12.5. The molecule has 0 radical (unpaired) electrons. The van der Waals surface area contributed by atoms with Gasteiger partial charge in [-0.15, -0.1) is 0 Å². The van der Waals surface area contributed by atoms with Crippen molar-refractivity contribution < 1.29 is 19.8 Å². The Morgan fingerprint density at radius 3 is 2.47 bits per heavy atom. The van der Waals surface area contributed by atoms with Crippen molar-refractivity contribution in [2.45, 2.75) is 23.6 Å². The topological polar surface area (TPSA) is 123 Å². The number of fused-ring (bicyclic) bond motifs is 1. The quantitative estimate of drug-likeness (QED) is 0.553. The average molecular weight is 421 g/mol. The van der Waals surface area contributed by atoms with Gasteiger partial charge in [0, 0.05) is 27.1 Å². The molecule has 0 fully saturated rings. The second kappa shape index (κ2) is 8.43. The number of nitrogens with zero attached hydrogens (tertiary/aromatic N) is 2. The molecular formula is C22H19N3O4S. The van der Waals surface area contributed by atoms with E-state index >= 15 is 0 Å². The second-order valence-electron chi connectivity index (χ2n) is 7.26. The number of pyridine rings is 1. The van der Waals surface area contributed by atoms with Gasteiger partial charge in [0.1, 0.15) is 11.8 Å². The number of amides is 1. The first kappa shape index (κ1) is 21.1. The average Bonchev–Trinajstić information content (AvgIpc) is 2.73. The minimum Gasteiger partial charge on any atom is -0.505 e. The number of aromatic nitrogens is 1. The molecule has 1 amide bonds. The highest BCUT2D eigenvalue weighted by molar-refractivity contribution is 7.99. The number of hydrogen-bond acceptors (Lipinski definition) is 6. The van der Waals surface area contributed by atoms with Gasteiger partial charge < -0.3 is 15.5 Å². The molecule has 0 atom stereocenters. The van der Waals surface area contributed by atoms with Gasteiger partial charge in [-0.3, -0.25) is 9.59 Å². The van der Waals surface area contributed by atoms with E-state index < -0.39 is 17.3 Å². The molecule has 0 aliphatic heterocycles. The minimum atomic E-state index is -1.19. The fraction of sp³-hybridized carbons (Fsp3) is 0.182. The standard InChI is InChI=1S/C22H19N3O4S/c1-22(2,21(28)29)12-24-20(27)18-19(26)15-9-8-14(10-16(15)17(11-23)25-18)30-13-6-4-3-5-7-13/h3-10,26H,12H2,1-2H3,(H,24,27)(H,28,29). The first-order valence-electron chi connectivity index (χ1n) is 9.04. The smallest absolute Gasteiger partial charge is 0.310 e. The number of aromatic hydroxyl groups is 1. The number of hydrogen-bond donors (Lipinski definition) is 3. The molecule has 0 saturated carbocycles. The molecular weight excluding hydrogens is 402 g/mol. The number of nitrogens with one attached hydrogen (secondary N) is 1. The van der Waals surface area contributed by atoms with Crippen LogP contribution in [0.2, 0.25) is 0 Å². The molecule has 0 aliphatic rings. The molecule has 30 heavy (non-hydrogen) atoms. The normalized spacial score (nSPS) is 11.1. The molecule has 152 valence electrons. The van der Waals surface area contributed by atoms with E-state index in [0.717, 1.165) is 9.79 Å². The Hall–Kier alpha value is -3.57. The number of carboxylic acids is 1. The third-order valence-corrected chi connectivity index (χ3v) is 5.52. The van der Waals surface area contributed by atoms with Crippen molar-refractivity contribution in [3.05, 3.63) is 59.9 Å². The Kier molecular flexibility index (Phi) is 5.94. The number of carbonyl (C=O) groups is 2. The van der Waals surface area contributed by atoms with Crippen LogP contribution in [0.15, 0.2) is 58.3 Å². The van der Waals surface area contributed by atoms with Gasteiger partial charge in [0.2, 0.25) is 0 Å². The molecule has 0 unspecified atom stereocenters. The van der Waals surface area contributed by atoms with E-state index in [1.54, 1.807) is 18.2 Å². The summed E-state index contributed by atoms with van der Waals surface area (Å²) in [6.45, 7) is 2.78. The molecule has 0 aliphatic carbocycles. The van der Waals surface area contributed by atoms with Crippen LogP contribution >= 0.6 is 11.8 Å². The van der Waals surface area contributed by atoms with E-state index in [1.165, 1.54) is 25.6 Å². The first-order chi connectivity index (χ1) is 14.2. The van der Waals surface area contributed by atoms with E-state index in [0.29, 0.717) is 10.8 Å². The summed E-state index contributed by atoms with van der Waals surface area (Å²) in [5.41, 5.74) is -1.51. The van der Waals surface area contributed by atoms with Crippen LogP contribution in [-0.4, -0.2) is 33.6 Å². The van der Waals surface area contributed by atoms with Crippen molar-refractivity contribution in [3.8, 4) is 11.8 Å². The SMILES string of the molecule is CC(C)(CNC(=O)c1nc(C#N)c2cc(Sc3ccccc3)ccc2c1O)C(=O)O. The van der Waals surface area contributed by atoms with Gasteiger partial charge in [0.05, 0.1) is 5.41 Å². The van der Waals surface area contributed by atoms with Crippen molar-refractivity contribution in [2.75, 3.05) is 6.54 Å². The molecule has 0 bridgehead atoms. The highest BCUT2D eigenvalue weighted by atomic mass is 32.2. The predicted molar refractivity (Wildman–Crippen MR) is 112 cm³/mol. The second-order valence-corrected chi connectivity index (χ2v) is 8.41. The van der Waals surface area contributed by atoms with Crippen LogP contribution in [0.25, 0.3) is 10.8 Å². The summed E-state index contributed by atoms with van der Waals surface area (Å²) in [7, 11) is 0. The molecule has 7 nitrogen and oxygen atoms in total. The summed E-state index contributed by atoms with van der Waals surface area (Å²) >= 11 is 1.50. The van der Waals surface area contributed by atoms with Crippen LogP contribution in [0.1, 0.15) is 30.0 Å². The van der Waals surface area contributed by atoms with Gasteiger partial charge in [0.25, 0.3) is 5.91 Å². The number of carboxylic acid groups (broad SMARTS) is 1. The lowest BCUT2D eigenvalue weighted by Crippen LogP contribution is -2.39.